The minimum Gasteiger partial charge on any atom is -0.381 e. The number of likely N-dealkylation sites (N-methyl/N-ethyl adjacent to an activating group) is 1. The molecule has 1 N–H and O–H groups in total. The standard InChI is InChI=1S/C11H18N4O/c1-12-5-2-11-14-10(8-13-15-11)9-3-6-16-7-4-9/h8-9,12H,2-7H2,1H3. The molecule has 0 bridgehead atoms. The molecule has 5 heteroatoms. The van der Waals surface area contributed by atoms with Crippen molar-refractivity contribution in [3.63, 3.8) is 0 Å². The predicted octanol–water partition coefficient (Wildman–Crippen LogP) is 0.527. The SMILES string of the molecule is CNCCc1nncc(C2CCOCC2)n1. The van der Waals surface area contributed by atoms with Crippen molar-refractivity contribution >= 4 is 0 Å². The Morgan fingerprint density at radius 1 is 1.44 bits per heavy atom. The maximum absolute atomic E-state index is 5.34. The molecule has 0 spiro atoms. The predicted molar refractivity (Wildman–Crippen MR) is 60.3 cm³/mol. The Hall–Kier alpha value is -1.07. The van der Waals surface area contributed by atoms with Gasteiger partial charge >= 0.3 is 0 Å². The summed E-state index contributed by atoms with van der Waals surface area (Å²) in [5.41, 5.74) is 1.07. The van der Waals surface area contributed by atoms with E-state index in [-0.39, 0.29) is 0 Å². The molecule has 16 heavy (non-hydrogen) atoms. The monoisotopic (exact) mass is 222 g/mol. The fourth-order valence-electron chi connectivity index (χ4n) is 1.89. The molecule has 1 saturated heterocycles. The van der Waals surface area contributed by atoms with Crippen LogP contribution in [-0.4, -0.2) is 42.0 Å². The van der Waals surface area contributed by atoms with Crippen molar-refractivity contribution in [1.29, 1.82) is 0 Å². The van der Waals surface area contributed by atoms with E-state index in [0.29, 0.717) is 5.92 Å². The van der Waals surface area contributed by atoms with Crippen molar-refractivity contribution in [3.05, 3.63) is 17.7 Å². The average Bonchev–Trinajstić information content (AvgIpc) is 2.38. The van der Waals surface area contributed by atoms with E-state index < -0.39 is 0 Å². The Morgan fingerprint density at radius 2 is 2.25 bits per heavy atom. The second-order valence-corrected chi connectivity index (χ2v) is 4.04. The summed E-state index contributed by atoms with van der Waals surface area (Å²) in [5, 5.41) is 11.2. The van der Waals surface area contributed by atoms with Gasteiger partial charge < -0.3 is 10.1 Å². The lowest BCUT2D eigenvalue weighted by Crippen LogP contribution is -2.18. The summed E-state index contributed by atoms with van der Waals surface area (Å²) >= 11 is 0. The molecular formula is C11H18N4O. The van der Waals surface area contributed by atoms with Crippen LogP contribution in [0, 0.1) is 0 Å². The van der Waals surface area contributed by atoms with Crippen molar-refractivity contribution in [2.24, 2.45) is 0 Å². The van der Waals surface area contributed by atoms with Gasteiger partial charge in [-0.2, -0.15) is 5.10 Å². The lowest BCUT2D eigenvalue weighted by molar-refractivity contribution is 0.0843. The van der Waals surface area contributed by atoms with Crippen molar-refractivity contribution in [2.75, 3.05) is 26.8 Å². The third-order valence-electron chi connectivity index (χ3n) is 2.86. The number of nitrogens with zero attached hydrogens (tertiary/aromatic N) is 3. The summed E-state index contributed by atoms with van der Waals surface area (Å²) < 4.78 is 5.34. The van der Waals surface area contributed by atoms with E-state index in [1.54, 1.807) is 6.20 Å². The van der Waals surface area contributed by atoms with Gasteiger partial charge in [0.1, 0.15) is 0 Å². The van der Waals surface area contributed by atoms with E-state index in [1.165, 1.54) is 0 Å². The first-order valence-electron chi connectivity index (χ1n) is 5.81. The summed E-state index contributed by atoms with van der Waals surface area (Å²) in [6.07, 6.45) is 4.72. The number of rotatable bonds is 4. The number of nitrogens with one attached hydrogen (secondary N) is 1. The van der Waals surface area contributed by atoms with E-state index in [9.17, 15) is 0 Å². The van der Waals surface area contributed by atoms with E-state index >= 15 is 0 Å². The third-order valence-corrected chi connectivity index (χ3v) is 2.86. The molecule has 0 amide bonds. The van der Waals surface area contributed by atoms with Crippen LogP contribution < -0.4 is 5.32 Å². The summed E-state index contributed by atoms with van der Waals surface area (Å²) in [7, 11) is 1.93. The van der Waals surface area contributed by atoms with Gasteiger partial charge in [0.15, 0.2) is 5.82 Å². The van der Waals surface area contributed by atoms with Crippen LogP contribution in [0.5, 0.6) is 0 Å². The highest BCUT2D eigenvalue weighted by Gasteiger charge is 2.17. The van der Waals surface area contributed by atoms with Gasteiger partial charge in [0.2, 0.25) is 0 Å². The molecule has 1 aromatic heterocycles. The molecule has 0 saturated carbocycles. The Balaban J connectivity index is 2.02. The quantitative estimate of drug-likeness (QED) is 0.805. The Morgan fingerprint density at radius 3 is 3.00 bits per heavy atom. The zero-order valence-electron chi connectivity index (χ0n) is 9.65. The lowest BCUT2D eigenvalue weighted by atomic mass is 9.97. The van der Waals surface area contributed by atoms with E-state index in [1.807, 2.05) is 7.05 Å². The summed E-state index contributed by atoms with van der Waals surface area (Å²) in [6.45, 7) is 2.56. The van der Waals surface area contributed by atoms with E-state index in [2.05, 4.69) is 20.5 Å². The molecule has 0 radical (unpaired) electrons. The highest BCUT2D eigenvalue weighted by molar-refractivity contribution is 5.05. The fraction of sp³-hybridized carbons (Fsp3) is 0.727. The molecule has 88 valence electrons. The maximum atomic E-state index is 5.34. The molecule has 5 nitrogen and oxygen atoms in total. The molecule has 0 unspecified atom stereocenters. The molecule has 1 fully saturated rings. The normalized spacial score (nSPS) is 17.6. The Bertz CT molecular complexity index is 326. The summed E-state index contributed by atoms with van der Waals surface area (Å²) in [5.74, 6) is 1.33. The summed E-state index contributed by atoms with van der Waals surface area (Å²) in [4.78, 5) is 4.56. The molecule has 1 aliphatic heterocycles. The maximum Gasteiger partial charge on any atom is 0.152 e. The second-order valence-electron chi connectivity index (χ2n) is 4.04. The van der Waals surface area contributed by atoms with Crippen LogP contribution in [-0.2, 0) is 11.2 Å². The smallest absolute Gasteiger partial charge is 0.152 e. The van der Waals surface area contributed by atoms with Gasteiger partial charge in [-0.05, 0) is 19.9 Å². The lowest BCUT2D eigenvalue weighted by Gasteiger charge is -2.21. The number of hydrogen-bond donors (Lipinski definition) is 1. The van der Waals surface area contributed by atoms with Crippen LogP contribution in [0.3, 0.4) is 0 Å². The van der Waals surface area contributed by atoms with Crippen LogP contribution in [0.2, 0.25) is 0 Å². The van der Waals surface area contributed by atoms with Gasteiger partial charge in [-0.3, -0.25) is 0 Å². The van der Waals surface area contributed by atoms with Gasteiger partial charge in [-0.25, -0.2) is 4.98 Å². The van der Waals surface area contributed by atoms with Crippen molar-refractivity contribution in [1.82, 2.24) is 20.5 Å². The zero-order valence-corrected chi connectivity index (χ0v) is 9.65. The van der Waals surface area contributed by atoms with Gasteiger partial charge in [0, 0.05) is 32.1 Å². The van der Waals surface area contributed by atoms with Crippen LogP contribution in [0.25, 0.3) is 0 Å². The molecular weight excluding hydrogens is 204 g/mol. The van der Waals surface area contributed by atoms with Gasteiger partial charge in [-0.15, -0.1) is 5.10 Å². The second kappa shape index (κ2) is 5.86. The first kappa shape index (κ1) is 11.4. The highest BCUT2D eigenvalue weighted by Crippen LogP contribution is 2.24. The van der Waals surface area contributed by atoms with E-state index in [0.717, 1.165) is 50.5 Å². The van der Waals surface area contributed by atoms with Gasteiger partial charge in [0.25, 0.3) is 0 Å². The molecule has 0 aromatic carbocycles. The average molecular weight is 222 g/mol. The minimum atomic E-state index is 0.498. The first-order valence-corrected chi connectivity index (χ1v) is 5.81. The van der Waals surface area contributed by atoms with Crippen LogP contribution in [0.15, 0.2) is 6.20 Å². The molecule has 2 heterocycles. The van der Waals surface area contributed by atoms with Crippen molar-refractivity contribution in [2.45, 2.75) is 25.2 Å². The third kappa shape index (κ3) is 2.96. The fourth-order valence-corrected chi connectivity index (χ4v) is 1.89. The minimum absolute atomic E-state index is 0.498. The summed E-state index contributed by atoms with van der Waals surface area (Å²) in [6, 6.07) is 0. The number of aromatic nitrogens is 3. The van der Waals surface area contributed by atoms with Crippen molar-refractivity contribution < 1.29 is 4.74 Å². The molecule has 2 rings (SSSR count). The van der Waals surface area contributed by atoms with Gasteiger partial charge in [0.05, 0.1) is 11.9 Å². The Kier molecular flexibility index (Phi) is 4.18. The number of hydrogen-bond acceptors (Lipinski definition) is 5. The van der Waals surface area contributed by atoms with Crippen molar-refractivity contribution in [3.8, 4) is 0 Å². The first-order chi connectivity index (χ1) is 7.90. The van der Waals surface area contributed by atoms with Gasteiger partial charge in [-0.1, -0.05) is 0 Å². The van der Waals surface area contributed by atoms with Crippen LogP contribution in [0.4, 0.5) is 0 Å². The zero-order chi connectivity index (χ0) is 11.2. The molecule has 1 aliphatic rings. The van der Waals surface area contributed by atoms with Crippen LogP contribution >= 0.6 is 0 Å². The van der Waals surface area contributed by atoms with E-state index in [4.69, 9.17) is 4.74 Å². The highest BCUT2D eigenvalue weighted by atomic mass is 16.5. The largest absolute Gasteiger partial charge is 0.381 e. The molecule has 0 atom stereocenters. The molecule has 1 aromatic rings. The molecule has 0 aliphatic carbocycles. The number of ether oxygens (including phenoxy) is 1. The topological polar surface area (TPSA) is 59.9 Å². The Labute approximate surface area is 95.6 Å². The van der Waals surface area contributed by atoms with Crippen LogP contribution in [0.1, 0.15) is 30.3 Å².